The standard InChI is InChI=1S/C30H19NO2/c1-2-9-21(10-3-1)30-22-11-4-5-13-25(22)32-26-14-8-15-27(29(26)30)33-28-19-20(16-17-23(28)30)24-12-6-7-18-31-24/h1-19H. The van der Waals surface area contributed by atoms with Crippen LogP contribution >= 0.6 is 0 Å². The van der Waals surface area contributed by atoms with Crippen LogP contribution in [0, 0.1) is 0 Å². The Balaban J connectivity index is 1.60. The molecule has 0 fully saturated rings. The molecule has 3 heteroatoms. The SMILES string of the molecule is c1ccc(C23c4ccccc4Oc4cccc(c42)Oc2cc(-c4ccccn4)ccc23)cc1. The quantitative estimate of drug-likeness (QED) is 0.290. The van der Waals surface area contributed by atoms with Gasteiger partial charge in [0, 0.05) is 22.9 Å². The lowest BCUT2D eigenvalue weighted by Gasteiger charge is -2.45. The molecule has 0 aliphatic carbocycles. The molecule has 0 saturated carbocycles. The van der Waals surface area contributed by atoms with E-state index in [1.807, 2.05) is 54.7 Å². The van der Waals surface area contributed by atoms with Crippen LogP contribution in [-0.2, 0) is 5.41 Å². The minimum Gasteiger partial charge on any atom is -0.457 e. The van der Waals surface area contributed by atoms with Gasteiger partial charge in [0.2, 0.25) is 0 Å². The van der Waals surface area contributed by atoms with E-state index in [1.165, 1.54) is 5.56 Å². The molecular weight excluding hydrogens is 406 g/mol. The van der Waals surface area contributed by atoms with E-state index in [-0.39, 0.29) is 0 Å². The van der Waals surface area contributed by atoms with Crippen molar-refractivity contribution < 1.29 is 9.47 Å². The Hall–Kier alpha value is -4.37. The fourth-order valence-electron chi connectivity index (χ4n) is 5.32. The van der Waals surface area contributed by atoms with Gasteiger partial charge in [0.1, 0.15) is 23.0 Å². The van der Waals surface area contributed by atoms with Gasteiger partial charge >= 0.3 is 0 Å². The van der Waals surface area contributed by atoms with Gasteiger partial charge in [-0.3, -0.25) is 4.98 Å². The van der Waals surface area contributed by atoms with Crippen molar-refractivity contribution >= 4 is 0 Å². The second kappa shape index (κ2) is 6.81. The fourth-order valence-corrected chi connectivity index (χ4v) is 5.32. The lowest BCUT2D eigenvalue weighted by atomic mass is 9.62. The van der Waals surface area contributed by atoms with Crippen LogP contribution in [0.15, 0.2) is 115 Å². The lowest BCUT2D eigenvalue weighted by molar-refractivity contribution is 0.385. The van der Waals surface area contributed by atoms with Crippen LogP contribution in [-0.4, -0.2) is 4.98 Å². The zero-order valence-electron chi connectivity index (χ0n) is 17.7. The van der Waals surface area contributed by atoms with Crippen LogP contribution < -0.4 is 9.47 Å². The van der Waals surface area contributed by atoms with Crippen molar-refractivity contribution in [2.45, 2.75) is 5.41 Å². The summed E-state index contributed by atoms with van der Waals surface area (Å²) in [7, 11) is 0. The largest absolute Gasteiger partial charge is 0.457 e. The van der Waals surface area contributed by atoms with Gasteiger partial charge in [-0.1, -0.05) is 72.8 Å². The Morgan fingerprint density at radius 1 is 0.545 bits per heavy atom. The second-order valence-corrected chi connectivity index (χ2v) is 8.37. The highest BCUT2D eigenvalue weighted by atomic mass is 16.5. The molecule has 156 valence electrons. The van der Waals surface area contributed by atoms with Crippen LogP contribution in [0.5, 0.6) is 23.0 Å². The number of para-hydroxylation sites is 1. The van der Waals surface area contributed by atoms with Gasteiger partial charge in [0.25, 0.3) is 0 Å². The van der Waals surface area contributed by atoms with E-state index in [4.69, 9.17) is 9.47 Å². The highest BCUT2D eigenvalue weighted by Gasteiger charge is 2.51. The zero-order chi connectivity index (χ0) is 21.8. The summed E-state index contributed by atoms with van der Waals surface area (Å²) in [6, 6.07) is 37.4. The molecule has 5 aromatic rings. The maximum atomic E-state index is 6.54. The van der Waals surface area contributed by atoms with Gasteiger partial charge < -0.3 is 9.47 Å². The van der Waals surface area contributed by atoms with E-state index < -0.39 is 5.41 Å². The molecule has 0 radical (unpaired) electrons. The molecule has 4 aromatic carbocycles. The van der Waals surface area contributed by atoms with Crippen LogP contribution in [0.1, 0.15) is 22.3 Å². The number of hydrogen-bond donors (Lipinski definition) is 0. The van der Waals surface area contributed by atoms with E-state index in [0.717, 1.165) is 50.9 Å². The number of hydrogen-bond acceptors (Lipinski definition) is 3. The molecule has 2 aliphatic heterocycles. The third-order valence-corrected chi connectivity index (χ3v) is 6.65. The number of ether oxygens (including phenoxy) is 2. The third kappa shape index (κ3) is 2.48. The van der Waals surface area contributed by atoms with Crippen molar-refractivity contribution in [3.8, 4) is 34.3 Å². The Labute approximate surface area is 191 Å². The monoisotopic (exact) mass is 425 g/mol. The fraction of sp³-hybridized carbons (Fsp3) is 0.0333. The molecule has 2 aliphatic rings. The summed E-state index contributed by atoms with van der Waals surface area (Å²) in [6.45, 7) is 0. The average molecular weight is 425 g/mol. The molecule has 1 aromatic heterocycles. The van der Waals surface area contributed by atoms with Crippen LogP contribution in [0.4, 0.5) is 0 Å². The number of nitrogens with zero attached hydrogens (tertiary/aromatic N) is 1. The highest BCUT2D eigenvalue weighted by Crippen LogP contribution is 2.62. The number of fused-ring (bicyclic) bond motifs is 4. The molecule has 1 unspecified atom stereocenters. The van der Waals surface area contributed by atoms with E-state index >= 15 is 0 Å². The average Bonchev–Trinajstić information content (AvgIpc) is 2.89. The van der Waals surface area contributed by atoms with Gasteiger partial charge in [-0.15, -0.1) is 0 Å². The topological polar surface area (TPSA) is 31.4 Å². The van der Waals surface area contributed by atoms with Gasteiger partial charge in [-0.2, -0.15) is 0 Å². The zero-order valence-corrected chi connectivity index (χ0v) is 17.7. The van der Waals surface area contributed by atoms with Crippen molar-refractivity contribution in [1.82, 2.24) is 4.98 Å². The molecule has 0 amide bonds. The summed E-state index contributed by atoms with van der Waals surface area (Å²) < 4.78 is 12.9. The molecule has 3 heterocycles. The number of benzene rings is 4. The first kappa shape index (κ1) is 18.2. The molecule has 3 nitrogen and oxygen atoms in total. The number of aromatic nitrogens is 1. The first-order valence-corrected chi connectivity index (χ1v) is 11.1. The van der Waals surface area contributed by atoms with Gasteiger partial charge in [-0.05, 0) is 42.0 Å². The summed E-state index contributed by atoms with van der Waals surface area (Å²) >= 11 is 0. The molecule has 1 atom stereocenters. The maximum Gasteiger partial charge on any atom is 0.135 e. The minimum atomic E-state index is -0.543. The van der Waals surface area contributed by atoms with Crippen molar-refractivity contribution in [3.05, 3.63) is 138 Å². The van der Waals surface area contributed by atoms with Gasteiger partial charge in [0.15, 0.2) is 0 Å². The molecule has 0 N–H and O–H groups in total. The van der Waals surface area contributed by atoms with Crippen molar-refractivity contribution in [2.75, 3.05) is 0 Å². The molecule has 0 spiro atoms. The van der Waals surface area contributed by atoms with E-state index in [1.54, 1.807) is 0 Å². The molecule has 33 heavy (non-hydrogen) atoms. The molecular formula is C30H19NO2. The summed E-state index contributed by atoms with van der Waals surface area (Å²) in [4.78, 5) is 4.54. The Morgan fingerprint density at radius 3 is 2.06 bits per heavy atom. The van der Waals surface area contributed by atoms with Crippen LogP contribution in [0.3, 0.4) is 0 Å². The Bertz CT molecular complexity index is 1510. The highest BCUT2D eigenvalue weighted by molar-refractivity contribution is 5.78. The first-order valence-electron chi connectivity index (χ1n) is 11.1. The first-order chi connectivity index (χ1) is 16.4. The predicted octanol–water partition coefficient (Wildman–Crippen LogP) is 7.34. The summed E-state index contributed by atoms with van der Waals surface area (Å²) in [5, 5.41) is 0. The Morgan fingerprint density at radius 2 is 1.24 bits per heavy atom. The van der Waals surface area contributed by atoms with Crippen molar-refractivity contribution in [1.29, 1.82) is 0 Å². The summed E-state index contributed by atoms with van der Waals surface area (Å²) in [5.41, 5.74) is 5.85. The van der Waals surface area contributed by atoms with Gasteiger partial charge in [-0.25, -0.2) is 0 Å². The number of pyridine rings is 1. The maximum absolute atomic E-state index is 6.54. The third-order valence-electron chi connectivity index (χ3n) is 6.65. The van der Waals surface area contributed by atoms with E-state index in [0.29, 0.717) is 0 Å². The van der Waals surface area contributed by atoms with Crippen molar-refractivity contribution in [2.24, 2.45) is 0 Å². The Kier molecular flexibility index (Phi) is 3.76. The molecule has 0 bridgehead atoms. The van der Waals surface area contributed by atoms with E-state index in [2.05, 4.69) is 65.6 Å². The summed E-state index contributed by atoms with van der Waals surface area (Å²) in [5.74, 6) is 3.35. The van der Waals surface area contributed by atoms with Gasteiger partial charge in [0.05, 0.1) is 16.7 Å². The lowest BCUT2D eigenvalue weighted by Crippen LogP contribution is -2.36. The smallest absolute Gasteiger partial charge is 0.135 e. The normalized spacial score (nSPS) is 17.1. The number of rotatable bonds is 2. The van der Waals surface area contributed by atoms with Crippen LogP contribution in [0.25, 0.3) is 11.3 Å². The minimum absolute atomic E-state index is 0.543. The summed E-state index contributed by atoms with van der Waals surface area (Å²) in [6.07, 6.45) is 1.82. The predicted molar refractivity (Wildman–Crippen MR) is 128 cm³/mol. The van der Waals surface area contributed by atoms with Crippen molar-refractivity contribution in [3.63, 3.8) is 0 Å². The second-order valence-electron chi connectivity index (χ2n) is 8.37. The molecule has 0 saturated heterocycles. The van der Waals surface area contributed by atoms with Crippen LogP contribution in [0.2, 0.25) is 0 Å². The molecule has 7 rings (SSSR count). The van der Waals surface area contributed by atoms with E-state index in [9.17, 15) is 0 Å².